The van der Waals surface area contributed by atoms with Crippen molar-refractivity contribution in [3.63, 3.8) is 0 Å². The highest BCUT2D eigenvalue weighted by Gasteiger charge is 2.07. The Morgan fingerprint density at radius 2 is 2.41 bits per heavy atom. The molecule has 2 aromatic heterocycles. The molecule has 2 heterocycles. The largest absolute Gasteiger partial charge is 0.477 e. The minimum absolute atomic E-state index is 0.256. The average Bonchev–Trinajstić information content (AvgIpc) is 2.88. The minimum Gasteiger partial charge on any atom is -0.477 e. The fourth-order valence-electron chi connectivity index (χ4n) is 1.23. The van der Waals surface area contributed by atoms with E-state index in [1.807, 2.05) is 5.38 Å². The molecule has 4 nitrogen and oxygen atoms in total. The van der Waals surface area contributed by atoms with E-state index in [9.17, 15) is 4.79 Å². The maximum atomic E-state index is 10.7. The zero-order chi connectivity index (χ0) is 12.3. The lowest BCUT2D eigenvalue weighted by molar-refractivity contribution is 0.0702. The Hall–Kier alpha value is -0.920. The highest BCUT2D eigenvalue weighted by molar-refractivity contribution is 9.10. The first kappa shape index (κ1) is 12.5. The van der Waals surface area contributed by atoms with Gasteiger partial charge in [-0.05, 0) is 28.4 Å². The van der Waals surface area contributed by atoms with Gasteiger partial charge in [0, 0.05) is 21.3 Å². The molecule has 0 amide bonds. The number of hydrogen-bond donors (Lipinski definition) is 2. The quantitative estimate of drug-likeness (QED) is 0.881. The van der Waals surface area contributed by atoms with Crippen molar-refractivity contribution in [3.05, 3.63) is 31.9 Å². The van der Waals surface area contributed by atoms with Gasteiger partial charge in [0.2, 0.25) is 0 Å². The fraction of sp³-hybridized carbons (Fsp3) is 0.200. The number of aromatic carboxylic acids is 1. The summed E-state index contributed by atoms with van der Waals surface area (Å²) in [6.07, 6.45) is 2.27. The second-order valence-corrected chi connectivity index (χ2v) is 6.18. The molecule has 0 aliphatic heterocycles. The monoisotopic (exact) mass is 332 g/mol. The van der Waals surface area contributed by atoms with Crippen LogP contribution in [0.3, 0.4) is 0 Å². The van der Waals surface area contributed by atoms with Crippen LogP contribution in [0.1, 0.15) is 14.5 Å². The minimum atomic E-state index is -0.933. The summed E-state index contributed by atoms with van der Waals surface area (Å²) < 4.78 is 1.10. The normalized spacial score (nSPS) is 10.4. The summed E-state index contributed by atoms with van der Waals surface area (Å²) in [5.41, 5.74) is 0. The molecule has 2 N–H and O–H groups in total. The molecule has 0 aromatic carbocycles. The molecule has 2 aromatic rings. The lowest BCUT2D eigenvalue weighted by atomic mass is 10.3. The molecule has 0 bridgehead atoms. The molecule has 0 atom stereocenters. The third-order valence-corrected chi connectivity index (χ3v) is 4.69. The van der Waals surface area contributed by atoms with Crippen molar-refractivity contribution in [1.29, 1.82) is 0 Å². The maximum Gasteiger partial charge on any atom is 0.347 e. The smallest absolute Gasteiger partial charge is 0.347 e. The van der Waals surface area contributed by atoms with Crippen molar-refractivity contribution in [3.8, 4) is 0 Å². The molecule has 7 heteroatoms. The van der Waals surface area contributed by atoms with Crippen LogP contribution in [0.4, 0.5) is 5.13 Å². The molecule has 17 heavy (non-hydrogen) atoms. The number of carboxylic acids is 1. The number of thiophene rings is 1. The Kier molecular flexibility index (Phi) is 4.14. The standard InChI is InChI=1S/C10H9BrN2O2S2/c11-6-3-7(16-5-6)1-2-12-10-13-4-8(17-10)9(14)15/h3-5H,1-2H2,(H,12,13)(H,14,15). The van der Waals surface area contributed by atoms with Crippen molar-refractivity contribution in [2.45, 2.75) is 6.42 Å². The summed E-state index contributed by atoms with van der Waals surface area (Å²) in [5, 5.41) is 14.6. The molecule has 2 rings (SSSR count). The number of halogens is 1. The zero-order valence-corrected chi connectivity index (χ0v) is 11.9. The van der Waals surface area contributed by atoms with Crippen LogP contribution in [0.2, 0.25) is 0 Å². The average molecular weight is 333 g/mol. The van der Waals surface area contributed by atoms with E-state index in [1.165, 1.54) is 11.1 Å². The van der Waals surface area contributed by atoms with E-state index in [4.69, 9.17) is 5.11 Å². The highest BCUT2D eigenvalue weighted by atomic mass is 79.9. The van der Waals surface area contributed by atoms with Crippen LogP contribution >= 0.6 is 38.6 Å². The molecular formula is C10H9BrN2O2S2. The number of hydrogen-bond acceptors (Lipinski definition) is 5. The molecule has 0 saturated carbocycles. The van der Waals surface area contributed by atoms with Gasteiger partial charge in [-0.3, -0.25) is 0 Å². The van der Waals surface area contributed by atoms with Crippen molar-refractivity contribution in [2.24, 2.45) is 0 Å². The maximum absolute atomic E-state index is 10.7. The third kappa shape index (κ3) is 3.52. The van der Waals surface area contributed by atoms with Gasteiger partial charge in [0.25, 0.3) is 0 Å². The second kappa shape index (κ2) is 5.61. The summed E-state index contributed by atoms with van der Waals surface area (Å²) in [6, 6.07) is 2.08. The molecule has 0 aliphatic carbocycles. The molecular weight excluding hydrogens is 324 g/mol. The van der Waals surface area contributed by atoms with Crippen LogP contribution in [0.15, 0.2) is 22.1 Å². The number of thiazole rings is 1. The summed E-state index contributed by atoms with van der Waals surface area (Å²) in [6.45, 7) is 0.750. The Morgan fingerprint density at radius 1 is 1.59 bits per heavy atom. The zero-order valence-electron chi connectivity index (χ0n) is 8.64. The van der Waals surface area contributed by atoms with Crippen molar-refractivity contribution < 1.29 is 9.90 Å². The number of carbonyl (C=O) groups is 1. The summed E-state index contributed by atoms with van der Waals surface area (Å²) in [7, 11) is 0. The second-order valence-electron chi connectivity index (χ2n) is 3.24. The van der Waals surface area contributed by atoms with Crippen molar-refractivity contribution in [1.82, 2.24) is 4.98 Å². The van der Waals surface area contributed by atoms with Gasteiger partial charge in [0.15, 0.2) is 5.13 Å². The number of carboxylic acid groups (broad SMARTS) is 1. The lowest BCUT2D eigenvalue weighted by Crippen LogP contribution is -2.03. The van der Waals surface area contributed by atoms with Gasteiger partial charge in [0.05, 0.1) is 6.20 Å². The van der Waals surface area contributed by atoms with Crippen LogP contribution in [0.25, 0.3) is 0 Å². The molecule has 0 unspecified atom stereocenters. The van der Waals surface area contributed by atoms with E-state index in [0.717, 1.165) is 28.8 Å². The van der Waals surface area contributed by atoms with E-state index in [2.05, 4.69) is 32.3 Å². The van der Waals surface area contributed by atoms with Gasteiger partial charge in [-0.2, -0.15) is 0 Å². The van der Waals surface area contributed by atoms with Crippen LogP contribution < -0.4 is 5.32 Å². The number of nitrogens with one attached hydrogen (secondary N) is 1. The Morgan fingerprint density at radius 3 is 3.00 bits per heavy atom. The first-order valence-electron chi connectivity index (χ1n) is 4.81. The topological polar surface area (TPSA) is 62.2 Å². The molecule has 0 aliphatic rings. The van der Waals surface area contributed by atoms with E-state index in [0.29, 0.717) is 5.13 Å². The fourth-order valence-corrected chi connectivity index (χ4v) is 3.37. The predicted octanol–water partition coefficient (Wildman–Crippen LogP) is 3.32. The molecule has 0 radical (unpaired) electrons. The molecule has 0 fully saturated rings. The van der Waals surface area contributed by atoms with Gasteiger partial charge in [-0.15, -0.1) is 11.3 Å². The van der Waals surface area contributed by atoms with Crippen LogP contribution in [-0.2, 0) is 6.42 Å². The van der Waals surface area contributed by atoms with Crippen molar-refractivity contribution in [2.75, 3.05) is 11.9 Å². The number of rotatable bonds is 5. The predicted molar refractivity (Wildman–Crippen MR) is 73.3 cm³/mol. The lowest BCUT2D eigenvalue weighted by Gasteiger charge is -1.99. The Labute approximate surface area is 114 Å². The molecule has 0 spiro atoms. The van der Waals surface area contributed by atoms with Gasteiger partial charge in [-0.25, -0.2) is 9.78 Å². The molecule has 0 saturated heterocycles. The van der Waals surface area contributed by atoms with Crippen LogP contribution in [0.5, 0.6) is 0 Å². The first-order valence-corrected chi connectivity index (χ1v) is 7.30. The SMILES string of the molecule is O=C(O)c1cnc(NCCc2cc(Br)cs2)s1. The van der Waals surface area contributed by atoms with Gasteiger partial charge in [-0.1, -0.05) is 11.3 Å². The number of nitrogens with zero attached hydrogens (tertiary/aromatic N) is 1. The van der Waals surface area contributed by atoms with E-state index in [-0.39, 0.29) is 4.88 Å². The number of aromatic nitrogens is 1. The van der Waals surface area contributed by atoms with Gasteiger partial charge >= 0.3 is 5.97 Å². The van der Waals surface area contributed by atoms with Crippen LogP contribution in [0, 0.1) is 0 Å². The third-order valence-electron chi connectivity index (χ3n) is 1.99. The van der Waals surface area contributed by atoms with Gasteiger partial charge < -0.3 is 10.4 Å². The van der Waals surface area contributed by atoms with Crippen LogP contribution in [-0.4, -0.2) is 22.6 Å². The van der Waals surface area contributed by atoms with E-state index < -0.39 is 5.97 Å². The Bertz CT molecular complexity index is 524. The highest BCUT2D eigenvalue weighted by Crippen LogP contribution is 2.21. The first-order chi connectivity index (χ1) is 8.15. The summed E-state index contributed by atoms with van der Waals surface area (Å²) in [5.74, 6) is -0.933. The summed E-state index contributed by atoms with van der Waals surface area (Å²) >= 11 is 6.25. The van der Waals surface area contributed by atoms with E-state index in [1.54, 1.807) is 11.3 Å². The summed E-state index contributed by atoms with van der Waals surface area (Å²) in [4.78, 5) is 16.2. The van der Waals surface area contributed by atoms with Gasteiger partial charge in [0.1, 0.15) is 4.88 Å². The van der Waals surface area contributed by atoms with E-state index >= 15 is 0 Å². The Balaban J connectivity index is 1.83. The number of anilines is 1. The molecule has 90 valence electrons. The van der Waals surface area contributed by atoms with Crippen molar-refractivity contribution >= 4 is 49.7 Å².